The van der Waals surface area contributed by atoms with Gasteiger partial charge in [0, 0.05) is 29.1 Å². The molecule has 1 aromatic carbocycles. The molecule has 7 heteroatoms. The van der Waals surface area contributed by atoms with Gasteiger partial charge < -0.3 is 4.74 Å². The third-order valence-electron chi connectivity index (χ3n) is 3.62. The standard InChI is InChI=1S/C17H15N3O4/c1-11(21)12-5-6-15(23-2)14(8-12)10-20-16(19-24-17(20)22)13-4-3-7-18-9-13/h3-9H,10H2,1-2H3. The van der Waals surface area contributed by atoms with Gasteiger partial charge in [-0.15, -0.1) is 0 Å². The van der Waals surface area contributed by atoms with E-state index in [-0.39, 0.29) is 12.3 Å². The summed E-state index contributed by atoms with van der Waals surface area (Å²) in [6, 6.07) is 8.62. The lowest BCUT2D eigenvalue weighted by molar-refractivity contribution is 0.101. The van der Waals surface area contributed by atoms with Crippen molar-refractivity contribution in [1.29, 1.82) is 0 Å². The first-order valence-corrected chi connectivity index (χ1v) is 7.25. The Bertz CT molecular complexity index is 929. The van der Waals surface area contributed by atoms with Crippen molar-refractivity contribution in [2.75, 3.05) is 7.11 Å². The zero-order valence-electron chi connectivity index (χ0n) is 13.2. The number of aromatic nitrogens is 3. The number of nitrogens with zero attached hydrogens (tertiary/aromatic N) is 3. The van der Waals surface area contributed by atoms with E-state index < -0.39 is 5.76 Å². The minimum Gasteiger partial charge on any atom is -0.496 e. The van der Waals surface area contributed by atoms with Gasteiger partial charge >= 0.3 is 5.76 Å². The number of benzene rings is 1. The summed E-state index contributed by atoms with van der Waals surface area (Å²) >= 11 is 0. The van der Waals surface area contributed by atoms with Crippen LogP contribution in [0.4, 0.5) is 0 Å². The van der Waals surface area contributed by atoms with Gasteiger partial charge in [-0.25, -0.2) is 4.79 Å². The van der Waals surface area contributed by atoms with Crippen molar-refractivity contribution in [3.8, 4) is 17.1 Å². The molecular weight excluding hydrogens is 310 g/mol. The number of methoxy groups -OCH3 is 1. The highest BCUT2D eigenvalue weighted by molar-refractivity contribution is 5.94. The molecule has 7 nitrogen and oxygen atoms in total. The second-order valence-corrected chi connectivity index (χ2v) is 5.18. The first kappa shape index (κ1) is 15.7. The summed E-state index contributed by atoms with van der Waals surface area (Å²) in [4.78, 5) is 27.7. The number of ether oxygens (including phenoxy) is 1. The molecule has 0 bridgehead atoms. The molecule has 24 heavy (non-hydrogen) atoms. The van der Waals surface area contributed by atoms with Gasteiger partial charge in [0.25, 0.3) is 0 Å². The molecule has 3 rings (SSSR count). The third kappa shape index (κ3) is 2.96. The van der Waals surface area contributed by atoms with Crippen molar-refractivity contribution >= 4 is 5.78 Å². The third-order valence-corrected chi connectivity index (χ3v) is 3.62. The Balaban J connectivity index is 2.07. The van der Waals surface area contributed by atoms with E-state index >= 15 is 0 Å². The van der Waals surface area contributed by atoms with Crippen LogP contribution in [0.3, 0.4) is 0 Å². The smallest absolute Gasteiger partial charge is 0.442 e. The van der Waals surface area contributed by atoms with Gasteiger partial charge in [-0.1, -0.05) is 5.16 Å². The van der Waals surface area contributed by atoms with Gasteiger partial charge in [0.15, 0.2) is 11.6 Å². The van der Waals surface area contributed by atoms with Crippen LogP contribution >= 0.6 is 0 Å². The molecule has 0 unspecified atom stereocenters. The largest absolute Gasteiger partial charge is 0.496 e. The summed E-state index contributed by atoms with van der Waals surface area (Å²) in [6.45, 7) is 1.65. The van der Waals surface area contributed by atoms with Crippen LogP contribution in [-0.2, 0) is 6.54 Å². The number of ketones is 1. The Morgan fingerprint density at radius 1 is 1.33 bits per heavy atom. The van der Waals surface area contributed by atoms with Gasteiger partial charge in [-0.05, 0) is 37.3 Å². The Morgan fingerprint density at radius 3 is 2.83 bits per heavy atom. The number of Topliss-reactive ketones (excluding diaryl/α,β-unsaturated/α-hetero) is 1. The Labute approximate surface area is 137 Å². The lowest BCUT2D eigenvalue weighted by Crippen LogP contribution is -2.17. The maximum Gasteiger partial charge on any atom is 0.442 e. The topological polar surface area (TPSA) is 87.2 Å². The Morgan fingerprint density at radius 2 is 2.17 bits per heavy atom. The predicted octanol–water partition coefficient (Wildman–Crippen LogP) is 2.16. The maximum absolute atomic E-state index is 12.0. The molecule has 0 aliphatic carbocycles. The van der Waals surface area contributed by atoms with Gasteiger partial charge in [0.2, 0.25) is 0 Å². The van der Waals surface area contributed by atoms with E-state index in [1.54, 1.807) is 42.7 Å². The molecule has 0 saturated carbocycles. The predicted molar refractivity (Wildman–Crippen MR) is 86.1 cm³/mol. The van der Waals surface area contributed by atoms with Gasteiger partial charge in [0.1, 0.15) is 5.75 Å². The molecule has 0 aliphatic rings. The zero-order chi connectivity index (χ0) is 17.1. The molecule has 0 N–H and O–H groups in total. The Kier molecular flexibility index (Phi) is 4.24. The number of hydrogen-bond donors (Lipinski definition) is 0. The minimum atomic E-state index is -0.593. The van der Waals surface area contributed by atoms with E-state index in [0.29, 0.717) is 28.3 Å². The molecule has 0 saturated heterocycles. The van der Waals surface area contributed by atoms with Crippen LogP contribution in [0.25, 0.3) is 11.4 Å². The highest BCUT2D eigenvalue weighted by Crippen LogP contribution is 2.23. The summed E-state index contributed by atoms with van der Waals surface area (Å²) in [6.07, 6.45) is 3.22. The number of carbonyl (C=O) groups excluding carboxylic acids is 1. The SMILES string of the molecule is COc1ccc(C(C)=O)cc1Cn1c(-c2cccnc2)noc1=O. The van der Waals surface area contributed by atoms with Crippen LogP contribution in [0, 0.1) is 0 Å². The van der Waals surface area contributed by atoms with E-state index in [9.17, 15) is 9.59 Å². The number of carbonyl (C=O) groups is 1. The highest BCUT2D eigenvalue weighted by atomic mass is 16.5. The molecule has 0 atom stereocenters. The highest BCUT2D eigenvalue weighted by Gasteiger charge is 2.16. The van der Waals surface area contributed by atoms with Crippen LogP contribution in [0.2, 0.25) is 0 Å². The summed E-state index contributed by atoms with van der Waals surface area (Å²) in [5, 5.41) is 3.82. The van der Waals surface area contributed by atoms with Crippen molar-refractivity contribution < 1.29 is 14.1 Å². The van der Waals surface area contributed by atoms with Crippen molar-refractivity contribution in [1.82, 2.24) is 14.7 Å². The molecule has 3 aromatic rings. The van der Waals surface area contributed by atoms with Crippen molar-refractivity contribution in [2.24, 2.45) is 0 Å². The van der Waals surface area contributed by atoms with Crippen molar-refractivity contribution in [3.63, 3.8) is 0 Å². The lowest BCUT2D eigenvalue weighted by atomic mass is 10.1. The van der Waals surface area contributed by atoms with Crippen LogP contribution in [-0.4, -0.2) is 27.6 Å². The molecule has 2 heterocycles. The molecule has 2 aromatic heterocycles. The van der Waals surface area contributed by atoms with Crippen LogP contribution in [0.15, 0.2) is 52.0 Å². The van der Waals surface area contributed by atoms with E-state index in [1.807, 2.05) is 0 Å². The molecular formula is C17H15N3O4. The first-order valence-electron chi connectivity index (χ1n) is 7.25. The van der Waals surface area contributed by atoms with E-state index in [0.717, 1.165) is 0 Å². The number of pyridine rings is 1. The lowest BCUT2D eigenvalue weighted by Gasteiger charge is -2.11. The quantitative estimate of drug-likeness (QED) is 0.668. The average Bonchev–Trinajstić information content (AvgIpc) is 2.96. The Hall–Kier alpha value is -3.22. The number of rotatable bonds is 5. The van der Waals surface area contributed by atoms with Crippen molar-refractivity contribution in [2.45, 2.75) is 13.5 Å². The van der Waals surface area contributed by atoms with Crippen molar-refractivity contribution in [3.05, 3.63) is 64.4 Å². The second kappa shape index (κ2) is 6.49. The molecule has 0 aliphatic heterocycles. The van der Waals surface area contributed by atoms with Crippen LogP contribution < -0.4 is 10.5 Å². The molecule has 0 radical (unpaired) electrons. The first-order chi connectivity index (χ1) is 11.6. The maximum atomic E-state index is 12.0. The molecule has 0 spiro atoms. The molecule has 122 valence electrons. The fraction of sp³-hybridized carbons (Fsp3) is 0.176. The molecule has 0 fully saturated rings. The van der Waals surface area contributed by atoms with E-state index in [1.165, 1.54) is 18.6 Å². The average molecular weight is 325 g/mol. The van der Waals surface area contributed by atoms with Crippen LogP contribution in [0.5, 0.6) is 5.75 Å². The zero-order valence-corrected chi connectivity index (χ0v) is 13.2. The summed E-state index contributed by atoms with van der Waals surface area (Å²) in [5.74, 6) is 0.279. The second-order valence-electron chi connectivity index (χ2n) is 5.18. The summed E-state index contributed by atoms with van der Waals surface area (Å²) in [7, 11) is 1.53. The monoisotopic (exact) mass is 325 g/mol. The van der Waals surface area contributed by atoms with E-state index in [2.05, 4.69) is 10.1 Å². The molecule has 0 amide bonds. The van der Waals surface area contributed by atoms with Gasteiger partial charge in [-0.3, -0.25) is 18.9 Å². The van der Waals surface area contributed by atoms with E-state index in [4.69, 9.17) is 9.26 Å². The summed E-state index contributed by atoms with van der Waals surface area (Å²) < 4.78 is 11.5. The van der Waals surface area contributed by atoms with Crippen LogP contribution in [0.1, 0.15) is 22.8 Å². The summed E-state index contributed by atoms with van der Waals surface area (Å²) in [5.41, 5.74) is 1.88. The van der Waals surface area contributed by atoms with Gasteiger partial charge in [-0.2, -0.15) is 0 Å². The fourth-order valence-corrected chi connectivity index (χ4v) is 2.40. The normalized spacial score (nSPS) is 10.6. The van der Waals surface area contributed by atoms with Gasteiger partial charge in [0.05, 0.1) is 13.7 Å². The number of hydrogen-bond acceptors (Lipinski definition) is 6. The minimum absolute atomic E-state index is 0.0657. The fourth-order valence-electron chi connectivity index (χ4n) is 2.40.